The summed E-state index contributed by atoms with van der Waals surface area (Å²) >= 11 is 0. The van der Waals surface area contributed by atoms with Gasteiger partial charge in [-0.1, -0.05) is 29.8 Å². The number of hydrogen-bond donors (Lipinski definition) is 3. The molecule has 0 aliphatic carbocycles. The fourth-order valence-electron chi connectivity index (χ4n) is 5.27. The van der Waals surface area contributed by atoms with Crippen LogP contribution in [0.4, 0.5) is 18.0 Å². The van der Waals surface area contributed by atoms with Crippen LogP contribution in [0.5, 0.6) is 5.75 Å². The Hall–Kier alpha value is -4.36. The van der Waals surface area contributed by atoms with E-state index >= 15 is 0 Å². The molecule has 3 heterocycles. The van der Waals surface area contributed by atoms with E-state index in [1.54, 1.807) is 24.3 Å². The third-order valence-electron chi connectivity index (χ3n) is 7.34. The second kappa shape index (κ2) is 12.7. The molecule has 4 rings (SSSR count). The summed E-state index contributed by atoms with van der Waals surface area (Å²) in [5, 5.41) is 14.4. The highest BCUT2D eigenvalue weighted by atomic mass is 19.4. The number of halogens is 3. The molecule has 2 aromatic rings. The number of aryl methyl sites for hydroxylation is 1. The lowest BCUT2D eigenvalue weighted by Gasteiger charge is -2.41. The van der Waals surface area contributed by atoms with Crippen LogP contribution in [0.3, 0.4) is 0 Å². The Kier molecular flexibility index (Phi) is 9.22. The van der Waals surface area contributed by atoms with Crippen molar-refractivity contribution in [2.75, 3.05) is 13.2 Å². The first-order chi connectivity index (χ1) is 19.8. The summed E-state index contributed by atoms with van der Waals surface area (Å²) in [7, 11) is 0. The minimum atomic E-state index is -5.07. The van der Waals surface area contributed by atoms with Crippen LogP contribution in [-0.2, 0) is 14.3 Å². The largest absolute Gasteiger partial charge is 0.482 e. The number of nitrogens with zero attached hydrogens (tertiary/aromatic N) is 2. The van der Waals surface area contributed by atoms with Gasteiger partial charge in [-0.2, -0.15) is 13.2 Å². The first-order valence-corrected chi connectivity index (χ1v) is 13.4. The predicted octanol–water partition coefficient (Wildman–Crippen LogP) is 3.38. The molecule has 5 atom stereocenters. The van der Waals surface area contributed by atoms with E-state index in [0.717, 1.165) is 5.56 Å². The van der Waals surface area contributed by atoms with Gasteiger partial charge in [0.25, 0.3) is 5.91 Å². The Morgan fingerprint density at radius 2 is 1.86 bits per heavy atom. The second-order valence-electron chi connectivity index (χ2n) is 10.3. The highest BCUT2D eigenvalue weighted by molar-refractivity contribution is 5.92. The van der Waals surface area contributed by atoms with Gasteiger partial charge in [-0.25, -0.2) is 9.78 Å². The summed E-state index contributed by atoms with van der Waals surface area (Å²) in [6.45, 7) is 3.63. The fraction of sp³-hybridized carbons (Fsp3) is 0.464. The van der Waals surface area contributed by atoms with Crippen LogP contribution in [0.1, 0.15) is 53.9 Å². The first-order valence-electron chi connectivity index (χ1n) is 13.4. The molecule has 2 fully saturated rings. The Balaban J connectivity index is 1.49. The number of nitrogens with one attached hydrogen (secondary N) is 2. The van der Waals surface area contributed by atoms with Crippen molar-refractivity contribution in [2.24, 2.45) is 5.92 Å². The molecule has 2 aliphatic rings. The van der Waals surface area contributed by atoms with Gasteiger partial charge in [0.15, 0.2) is 0 Å². The van der Waals surface area contributed by atoms with Crippen molar-refractivity contribution in [3.63, 3.8) is 0 Å². The maximum atomic E-state index is 13.1. The summed E-state index contributed by atoms with van der Waals surface area (Å²) in [6.07, 6.45) is -4.78. The Labute approximate surface area is 239 Å². The smallest absolute Gasteiger partial charge is 0.471 e. The van der Waals surface area contributed by atoms with Crippen molar-refractivity contribution in [1.29, 1.82) is 0 Å². The van der Waals surface area contributed by atoms with E-state index < -0.39 is 60.2 Å². The molecule has 1 aromatic heterocycles. The second-order valence-corrected chi connectivity index (χ2v) is 10.3. The van der Waals surface area contributed by atoms with Gasteiger partial charge in [-0.05, 0) is 50.8 Å². The molecule has 0 radical (unpaired) electrons. The van der Waals surface area contributed by atoms with Crippen LogP contribution in [-0.4, -0.2) is 76.3 Å². The van der Waals surface area contributed by atoms with E-state index in [1.165, 1.54) is 30.2 Å². The number of hydrogen-bond acceptors (Lipinski definition) is 7. The SMILES string of the molecule is Cc1ccc([C@@H](Oc2ccc(C(=O)N[C@H]3CCCN(C(=O)O)C3[C@H]3CCOC3=O)nc2)[C@H](C)NC(=O)C(F)(F)F)cc1. The molecule has 1 aromatic carbocycles. The molecule has 0 spiro atoms. The maximum absolute atomic E-state index is 13.1. The number of ether oxygens (including phenoxy) is 2. The van der Waals surface area contributed by atoms with Crippen LogP contribution in [0.2, 0.25) is 0 Å². The molecular weight excluding hydrogens is 561 g/mol. The molecule has 3 amide bonds. The molecule has 0 saturated carbocycles. The number of rotatable bonds is 8. The number of amides is 3. The lowest BCUT2D eigenvalue weighted by atomic mass is 9.85. The fourth-order valence-corrected chi connectivity index (χ4v) is 5.27. The van der Waals surface area contributed by atoms with Crippen LogP contribution in [0.15, 0.2) is 42.6 Å². The molecule has 42 heavy (non-hydrogen) atoms. The standard InChI is InChI=1S/C28H31F3N4O7/c1-15-5-7-17(8-6-15)23(16(2)33-26(38)28(29,30)31)42-18-9-10-21(32-14-18)24(36)34-20-4-3-12-35(27(39)40)22(20)19-11-13-41-25(19)37/h5-10,14,16,19-20,22-23H,3-4,11-13H2,1-2H3,(H,33,38)(H,34,36)(H,39,40)/t16-,19+,20-,22?,23-/m0/s1. The quantitative estimate of drug-likeness (QED) is 0.396. The zero-order chi connectivity index (χ0) is 30.6. The number of carboxylic acid groups (broad SMARTS) is 1. The summed E-state index contributed by atoms with van der Waals surface area (Å²) < 4.78 is 49.6. The van der Waals surface area contributed by atoms with Crippen molar-refractivity contribution in [1.82, 2.24) is 20.5 Å². The molecule has 11 nitrogen and oxygen atoms in total. The molecule has 14 heteroatoms. The molecule has 2 saturated heterocycles. The average molecular weight is 593 g/mol. The van der Waals surface area contributed by atoms with E-state index in [1.807, 2.05) is 12.2 Å². The van der Waals surface area contributed by atoms with E-state index in [4.69, 9.17) is 9.47 Å². The third kappa shape index (κ3) is 7.09. The number of benzene rings is 1. The lowest BCUT2D eigenvalue weighted by molar-refractivity contribution is -0.174. The van der Waals surface area contributed by atoms with Gasteiger partial charge in [-0.15, -0.1) is 0 Å². The summed E-state index contributed by atoms with van der Waals surface area (Å²) in [5.41, 5.74) is 1.40. The number of likely N-dealkylation sites (tertiary alicyclic amines) is 1. The van der Waals surface area contributed by atoms with Gasteiger partial charge in [-0.3, -0.25) is 14.4 Å². The number of cyclic esters (lactones) is 1. The predicted molar refractivity (Wildman–Crippen MR) is 141 cm³/mol. The maximum Gasteiger partial charge on any atom is 0.471 e. The highest BCUT2D eigenvalue weighted by Gasteiger charge is 2.46. The Morgan fingerprint density at radius 1 is 1.14 bits per heavy atom. The van der Waals surface area contributed by atoms with Crippen LogP contribution in [0.25, 0.3) is 0 Å². The van der Waals surface area contributed by atoms with Gasteiger partial charge in [0.2, 0.25) is 0 Å². The van der Waals surface area contributed by atoms with E-state index in [9.17, 15) is 37.5 Å². The van der Waals surface area contributed by atoms with Crippen molar-refractivity contribution in [2.45, 2.75) is 63.5 Å². The molecule has 0 bridgehead atoms. The Morgan fingerprint density at radius 3 is 2.43 bits per heavy atom. The van der Waals surface area contributed by atoms with Crippen molar-refractivity contribution in [3.05, 3.63) is 59.4 Å². The normalized spacial score (nSPS) is 22.1. The topological polar surface area (TPSA) is 147 Å². The van der Waals surface area contributed by atoms with E-state index in [0.29, 0.717) is 24.8 Å². The number of alkyl halides is 3. The van der Waals surface area contributed by atoms with Crippen molar-refractivity contribution in [3.8, 4) is 5.75 Å². The van der Waals surface area contributed by atoms with Crippen LogP contribution >= 0.6 is 0 Å². The van der Waals surface area contributed by atoms with Gasteiger partial charge in [0.1, 0.15) is 17.5 Å². The minimum Gasteiger partial charge on any atom is -0.482 e. The Bertz CT molecular complexity index is 1300. The molecule has 3 N–H and O–H groups in total. The van der Waals surface area contributed by atoms with Gasteiger partial charge in [0, 0.05) is 6.54 Å². The van der Waals surface area contributed by atoms with Gasteiger partial charge in [0.05, 0.1) is 36.8 Å². The highest BCUT2D eigenvalue weighted by Crippen LogP contribution is 2.31. The lowest BCUT2D eigenvalue weighted by Crippen LogP contribution is -2.60. The number of pyridine rings is 1. The third-order valence-corrected chi connectivity index (χ3v) is 7.34. The first kappa shape index (κ1) is 30.6. The number of aromatic nitrogens is 1. The molecule has 226 valence electrons. The van der Waals surface area contributed by atoms with Crippen molar-refractivity contribution >= 4 is 23.9 Å². The zero-order valence-corrected chi connectivity index (χ0v) is 22.9. The monoisotopic (exact) mass is 592 g/mol. The average Bonchev–Trinajstić information content (AvgIpc) is 3.37. The van der Waals surface area contributed by atoms with Crippen molar-refractivity contribution < 1.29 is 46.9 Å². The minimum absolute atomic E-state index is 0.0205. The molecule has 2 aliphatic heterocycles. The number of carbonyl (C=O) groups is 4. The number of carbonyl (C=O) groups excluding carboxylic acids is 3. The van der Waals surface area contributed by atoms with Crippen LogP contribution in [0, 0.1) is 12.8 Å². The summed E-state index contributed by atoms with van der Waals surface area (Å²) in [4.78, 5) is 54.1. The molecule has 1 unspecified atom stereocenters. The van der Waals surface area contributed by atoms with Gasteiger partial charge >= 0.3 is 24.1 Å². The summed E-state index contributed by atoms with van der Waals surface area (Å²) in [5.74, 6) is -3.78. The van der Waals surface area contributed by atoms with E-state index in [-0.39, 0.29) is 24.6 Å². The number of piperidine rings is 1. The van der Waals surface area contributed by atoms with Gasteiger partial charge < -0.3 is 30.1 Å². The number of esters is 1. The van der Waals surface area contributed by atoms with E-state index in [2.05, 4.69) is 10.3 Å². The zero-order valence-electron chi connectivity index (χ0n) is 22.9. The van der Waals surface area contributed by atoms with Crippen LogP contribution < -0.4 is 15.4 Å². The molecular formula is C28H31F3N4O7. The summed E-state index contributed by atoms with van der Waals surface area (Å²) in [6, 6.07) is 7.09.